The molecule has 170 valence electrons. The van der Waals surface area contributed by atoms with Crippen LogP contribution in [0.3, 0.4) is 0 Å². The SMILES string of the molecule is CCn1cc(-c2cnc3[nH]cc(C(=O)N[C@@H](C(=O)N4CCC(C#N)CC4)C4CC4)c3n2)cn1. The number of aryl methyl sites for hydroxylation is 1. The summed E-state index contributed by atoms with van der Waals surface area (Å²) in [6.07, 6.45) is 10.1. The van der Waals surface area contributed by atoms with E-state index in [1.807, 2.05) is 13.1 Å². The molecule has 2 aliphatic rings. The van der Waals surface area contributed by atoms with Crippen LogP contribution in [-0.2, 0) is 11.3 Å². The first kappa shape index (κ1) is 21.1. The van der Waals surface area contributed by atoms with Crippen LogP contribution in [0.1, 0.15) is 43.0 Å². The highest BCUT2D eigenvalue weighted by molar-refractivity contribution is 6.06. The Morgan fingerprint density at radius 1 is 1.27 bits per heavy atom. The summed E-state index contributed by atoms with van der Waals surface area (Å²) in [6, 6.07) is 1.73. The maximum Gasteiger partial charge on any atom is 0.255 e. The van der Waals surface area contributed by atoms with Crippen LogP contribution in [0, 0.1) is 23.2 Å². The lowest BCUT2D eigenvalue weighted by Gasteiger charge is -2.32. The number of piperidine rings is 1. The molecule has 2 amide bonds. The van der Waals surface area contributed by atoms with Gasteiger partial charge in [0.05, 0.1) is 29.7 Å². The maximum atomic E-state index is 13.2. The van der Waals surface area contributed by atoms with Crippen LogP contribution in [-0.4, -0.2) is 60.6 Å². The van der Waals surface area contributed by atoms with E-state index in [2.05, 4.69) is 31.4 Å². The van der Waals surface area contributed by atoms with Crippen molar-refractivity contribution in [1.29, 1.82) is 5.26 Å². The van der Waals surface area contributed by atoms with E-state index in [-0.39, 0.29) is 23.7 Å². The summed E-state index contributed by atoms with van der Waals surface area (Å²) in [4.78, 5) is 40.3. The van der Waals surface area contributed by atoms with Crippen molar-refractivity contribution in [2.75, 3.05) is 13.1 Å². The Bertz CT molecular complexity index is 1230. The smallest absolute Gasteiger partial charge is 0.255 e. The van der Waals surface area contributed by atoms with E-state index in [4.69, 9.17) is 5.26 Å². The lowest BCUT2D eigenvalue weighted by atomic mass is 9.97. The van der Waals surface area contributed by atoms with Gasteiger partial charge in [0.15, 0.2) is 5.65 Å². The van der Waals surface area contributed by atoms with Crippen LogP contribution in [0.4, 0.5) is 0 Å². The number of nitrogens with zero attached hydrogens (tertiary/aromatic N) is 6. The van der Waals surface area contributed by atoms with Crippen LogP contribution < -0.4 is 5.32 Å². The molecule has 4 heterocycles. The van der Waals surface area contributed by atoms with Gasteiger partial charge in [-0.15, -0.1) is 0 Å². The molecule has 0 spiro atoms. The molecule has 0 bridgehead atoms. The Morgan fingerprint density at radius 3 is 2.73 bits per heavy atom. The number of carbonyl (C=O) groups is 2. The molecule has 2 N–H and O–H groups in total. The van der Waals surface area contributed by atoms with E-state index in [0.29, 0.717) is 48.4 Å². The van der Waals surface area contributed by atoms with Gasteiger partial charge in [-0.05, 0) is 38.5 Å². The number of amides is 2. The largest absolute Gasteiger partial charge is 0.344 e. The number of nitriles is 1. The minimum atomic E-state index is -0.556. The molecule has 2 fully saturated rings. The number of H-pyrrole nitrogens is 1. The topological polar surface area (TPSA) is 133 Å². The highest BCUT2D eigenvalue weighted by Crippen LogP contribution is 2.34. The van der Waals surface area contributed by atoms with Crippen LogP contribution >= 0.6 is 0 Å². The highest BCUT2D eigenvalue weighted by Gasteiger charge is 2.40. The normalized spacial score (nSPS) is 17.6. The van der Waals surface area contributed by atoms with Crippen molar-refractivity contribution in [3.05, 3.63) is 30.4 Å². The lowest BCUT2D eigenvalue weighted by molar-refractivity contribution is -0.135. The van der Waals surface area contributed by atoms with Crippen molar-refractivity contribution < 1.29 is 9.59 Å². The third kappa shape index (κ3) is 4.18. The highest BCUT2D eigenvalue weighted by atomic mass is 16.2. The number of hydrogen-bond donors (Lipinski definition) is 2. The fourth-order valence-corrected chi connectivity index (χ4v) is 4.33. The van der Waals surface area contributed by atoms with Gasteiger partial charge in [0.1, 0.15) is 11.6 Å². The molecule has 1 aliphatic carbocycles. The third-order valence-corrected chi connectivity index (χ3v) is 6.51. The number of carbonyl (C=O) groups excluding carboxylic acids is 2. The van der Waals surface area contributed by atoms with Gasteiger partial charge < -0.3 is 15.2 Å². The van der Waals surface area contributed by atoms with E-state index in [1.54, 1.807) is 28.2 Å². The monoisotopic (exact) mass is 446 g/mol. The summed E-state index contributed by atoms with van der Waals surface area (Å²) in [5.74, 6) is -0.233. The van der Waals surface area contributed by atoms with Crippen molar-refractivity contribution in [2.45, 2.75) is 45.2 Å². The van der Waals surface area contributed by atoms with Crippen LogP contribution in [0.2, 0.25) is 0 Å². The van der Waals surface area contributed by atoms with Gasteiger partial charge >= 0.3 is 0 Å². The number of fused-ring (bicyclic) bond motifs is 1. The molecule has 1 saturated heterocycles. The number of aromatic nitrogens is 5. The molecule has 3 aromatic heterocycles. The summed E-state index contributed by atoms with van der Waals surface area (Å²) < 4.78 is 1.80. The standard InChI is InChI=1S/C23H26N8O2/c1-2-31-13-16(10-27-31)18-12-26-21-20(28-18)17(11-25-21)22(32)29-19(15-3-4-15)23(33)30-7-5-14(9-24)6-8-30/h10-15,19H,2-8H2,1H3,(H,25,26)(H,29,32)/t19-/m1/s1. The first-order valence-electron chi connectivity index (χ1n) is 11.4. The van der Waals surface area contributed by atoms with Crippen LogP contribution in [0.5, 0.6) is 0 Å². The quantitative estimate of drug-likeness (QED) is 0.596. The summed E-state index contributed by atoms with van der Waals surface area (Å²) >= 11 is 0. The fraction of sp³-hybridized carbons (Fsp3) is 0.478. The Hall–Kier alpha value is -3.74. The Morgan fingerprint density at radius 2 is 2.06 bits per heavy atom. The van der Waals surface area contributed by atoms with E-state index in [1.165, 1.54) is 0 Å². The van der Waals surface area contributed by atoms with Crippen molar-refractivity contribution in [1.82, 2.24) is 34.9 Å². The summed E-state index contributed by atoms with van der Waals surface area (Å²) in [7, 11) is 0. The van der Waals surface area contributed by atoms with Gasteiger partial charge in [0.25, 0.3) is 5.91 Å². The van der Waals surface area contributed by atoms with Crippen molar-refractivity contribution in [3.63, 3.8) is 0 Å². The van der Waals surface area contributed by atoms with Crippen LogP contribution in [0.15, 0.2) is 24.8 Å². The average Bonchev–Trinajstić information content (AvgIpc) is 3.41. The maximum absolute atomic E-state index is 13.2. The van der Waals surface area contributed by atoms with Gasteiger partial charge in [-0.1, -0.05) is 0 Å². The number of likely N-dealkylation sites (tertiary alicyclic amines) is 1. The van der Waals surface area contributed by atoms with Crippen molar-refractivity contribution in [2.24, 2.45) is 11.8 Å². The molecule has 0 aromatic carbocycles. The molecule has 0 radical (unpaired) electrons. The van der Waals surface area contributed by atoms with E-state index >= 15 is 0 Å². The minimum absolute atomic E-state index is 0.00596. The zero-order chi connectivity index (χ0) is 22.9. The minimum Gasteiger partial charge on any atom is -0.344 e. The zero-order valence-corrected chi connectivity index (χ0v) is 18.5. The summed E-state index contributed by atoms with van der Waals surface area (Å²) in [6.45, 7) is 3.87. The Labute approximate surface area is 191 Å². The number of hydrogen-bond acceptors (Lipinski definition) is 6. The average molecular weight is 447 g/mol. The number of nitrogens with one attached hydrogen (secondary N) is 2. The van der Waals surface area contributed by atoms with Gasteiger partial charge in [0.2, 0.25) is 5.91 Å². The summed E-state index contributed by atoms with van der Waals surface area (Å²) in [5, 5.41) is 16.4. The molecular weight excluding hydrogens is 420 g/mol. The molecule has 33 heavy (non-hydrogen) atoms. The summed E-state index contributed by atoms with van der Waals surface area (Å²) in [5.41, 5.74) is 2.80. The third-order valence-electron chi connectivity index (χ3n) is 6.51. The molecule has 10 nitrogen and oxygen atoms in total. The van der Waals surface area contributed by atoms with Gasteiger partial charge in [-0.2, -0.15) is 10.4 Å². The van der Waals surface area contributed by atoms with Gasteiger partial charge in [-0.25, -0.2) is 9.97 Å². The molecule has 5 rings (SSSR count). The molecule has 1 aliphatic heterocycles. The molecule has 0 unspecified atom stereocenters. The second-order valence-electron chi connectivity index (χ2n) is 8.76. The molecular formula is C23H26N8O2. The zero-order valence-electron chi connectivity index (χ0n) is 18.5. The fourth-order valence-electron chi connectivity index (χ4n) is 4.33. The van der Waals surface area contributed by atoms with E-state index < -0.39 is 6.04 Å². The lowest BCUT2D eigenvalue weighted by Crippen LogP contribution is -2.51. The predicted octanol–water partition coefficient (Wildman–Crippen LogP) is 2.11. The van der Waals surface area contributed by atoms with Crippen LogP contribution in [0.25, 0.3) is 22.4 Å². The van der Waals surface area contributed by atoms with E-state index in [0.717, 1.165) is 24.9 Å². The Balaban J connectivity index is 1.36. The van der Waals surface area contributed by atoms with Crippen molar-refractivity contribution in [3.8, 4) is 17.3 Å². The van der Waals surface area contributed by atoms with Gasteiger partial charge in [0, 0.05) is 43.5 Å². The number of aromatic amines is 1. The molecule has 1 atom stereocenters. The second-order valence-corrected chi connectivity index (χ2v) is 8.76. The first-order valence-corrected chi connectivity index (χ1v) is 11.4. The number of rotatable bonds is 6. The van der Waals surface area contributed by atoms with Gasteiger partial charge in [-0.3, -0.25) is 14.3 Å². The molecule has 1 saturated carbocycles. The Kier molecular flexibility index (Phi) is 5.54. The molecule has 10 heteroatoms. The first-order chi connectivity index (χ1) is 16.1. The molecule has 3 aromatic rings. The second kappa shape index (κ2) is 8.65. The van der Waals surface area contributed by atoms with Crippen molar-refractivity contribution >= 4 is 23.0 Å². The predicted molar refractivity (Wildman–Crippen MR) is 120 cm³/mol. The van der Waals surface area contributed by atoms with E-state index in [9.17, 15) is 9.59 Å².